The van der Waals surface area contributed by atoms with Crippen LogP contribution in [0.1, 0.15) is 34.8 Å². The first-order chi connectivity index (χ1) is 13.4. The van der Waals surface area contributed by atoms with Gasteiger partial charge in [0, 0.05) is 23.2 Å². The second-order valence-electron chi connectivity index (χ2n) is 6.23. The molecule has 1 aliphatic heterocycles. The van der Waals surface area contributed by atoms with Crippen molar-refractivity contribution in [2.45, 2.75) is 23.1 Å². The summed E-state index contributed by atoms with van der Waals surface area (Å²) in [5.41, 5.74) is 6.18. The third kappa shape index (κ3) is 3.53. The first-order valence-corrected chi connectivity index (χ1v) is 10.4. The Hall–Kier alpha value is -2.71. The molecule has 0 saturated carbocycles. The lowest BCUT2D eigenvalue weighted by molar-refractivity contribution is 0.103. The predicted molar refractivity (Wildman–Crippen MR) is 105 cm³/mol. The summed E-state index contributed by atoms with van der Waals surface area (Å²) in [5.74, 6) is 0.385. The lowest BCUT2D eigenvalue weighted by atomic mass is 10.0. The molecule has 0 bridgehead atoms. The standard InChI is InChI=1S/C20H22N2O5S/c1-3-10-27-14-5-7-17-16(12-14)19(23)15-6-4-13(11-18(15)28(17,24)25)20(26-2)22-9-8-21/h4-7,11-12H,3,8-10,21H2,1-2H3. The molecule has 0 atom stereocenters. The van der Waals surface area contributed by atoms with Crippen molar-refractivity contribution in [2.24, 2.45) is 10.7 Å². The van der Waals surface area contributed by atoms with Crippen molar-refractivity contribution in [3.8, 4) is 5.75 Å². The smallest absolute Gasteiger partial charge is 0.215 e. The molecule has 8 heteroatoms. The Morgan fingerprint density at radius 1 is 1.11 bits per heavy atom. The van der Waals surface area contributed by atoms with Crippen LogP contribution in [0.15, 0.2) is 51.2 Å². The Morgan fingerprint density at radius 3 is 2.57 bits per heavy atom. The van der Waals surface area contributed by atoms with Crippen LogP contribution in [0.2, 0.25) is 0 Å². The summed E-state index contributed by atoms with van der Waals surface area (Å²) in [5, 5.41) is 0. The molecule has 0 fully saturated rings. The van der Waals surface area contributed by atoms with Gasteiger partial charge in [0.2, 0.25) is 15.7 Å². The number of hydrogen-bond acceptors (Lipinski definition) is 7. The molecular weight excluding hydrogens is 380 g/mol. The average Bonchev–Trinajstić information content (AvgIpc) is 2.71. The van der Waals surface area contributed by atoms with Crippen LogP contribution in [0.5, 0.6) is 5.75 Å². The topological polar surface area (TPSA) is 108 Å². The van der Waals surface area contributed by atoms with Gasteiger partial charge >= 0.3 is 0 Å². The number of rotatable bonds is 6. The first kappa shape index (κ1) is 20.0. The minimum atomic E-state index is -3.87. The fourth-order valence-corrected chi connectivity index (χ4v) is 4.66. The minimum Gasteiger partial charge on any atom is -0.494 e. The molecule has 2 aromatic rings. The zero-order valence-corrected chi connectivity index (χ0v) is 16.6. The summed E-state index contributed by atoms with van der Waals surface area (Å²) in [4.78, 5) is 17.1. The number of fused-ring (bicyclic) bond motifs is 2. The maximum Gasteiger partial charge on any atom is 0.215 e. The number of aliphatic imine (C=N–C) groups is 1. The van der Waals surface area contributed by atoms with Gasteiger partial charge in [0.25, 0.3) is 0 Å². The highest BCUT2D eigenvalue weighted by Crippen LogP contribution is 2.36. The summed E-state index contributed by atoms with van der Waals surface area (Å²) in [6, 6.07) is 9.01. The van der Waals surface area contributed by atoms with E-state index in [9.17, 15) is 13.2 Å². The Bertz CT molecular complexity index is 1040. The molecule has 0 radical (unpaired) electrons. The van der Waals surface area contributed by atoms with E-state index < -0.39 is 9.84 Å². The monoisotopic (exact) mass is 402 g/mol. The first-order valence-electron chi connectivity index (χ1n) is 8.93. The fourth-order valence-electron chi connectivity index (χ4n) is 3.00. The predicted octanol–water partition coefficient (Wildman–Crippen LogP) is 2.20. The summed E-state index contributed by atoms with van der Waals surface area (Å²) in [6.07, 6.45) is 0.808. The van der Waals surface area contributed by atoms with E-state index in [1.807, 2.05) is 6.92 Å². The van der Waals surface area contributed by atoms with Gasteiger partial charge in [0.05, 0.1) is 30.1 Å². The van der Waals surface area contributed by atoms with E-state index in [0.717, 1.165) is 6.42 Å². The summed E-state index contributed by atoms with van der Waals surface area (Å²) < 4.78 is 37.1. The van der Waals surface area contributed by atoms with Crippen LogP contribution in [0, 0.1) is 0 Å². The van der Waals surface area contributed by atoms with Gasteiger partial charge in [-0.2, -0.15) is 0 Å². The van der Waals surface area contributed by atoms with Gasteiger partial charge in [0.1, 0.15) is 5.75 Å². The molecule has 0 unspecified atom stereocenters. The van der Waals surface area contributed by atoms with Crippen molar-refractivity contribution < 1.29 is 22.7 Å². The molecule has 1 aliphatic rings. The summed E-state index contributed by atoms with van der Waals surface area (Å²) in [7, 11) is -2.42. The number of ketones is 1. The van der Waals surface area contributed by atoms with E-state index >= 15 is 0 Å². The highest BCUT2D eigenvalue weighted by atomic mass is 32.2. The molecule has 2 aromatic carbocycles. The van der Waals surface area contributed by atoms with Crippen molar-refractivity contribution in [2.75, 3.05) is 26.8 Å². The van der Waals surface area contributed by atoms with Crippen LogP contribution in [-0.4, -0.2) is 46.9 Å². The van der Waals surface area contributed by atoms with Crippen molar-refractivity contribution in [1.29, 1.82) is 0 Å². The number of sulfone groups is 1. The van der Waals surface area contributed by atoms with E-state index in [1.165, 1.54) is 31.4 Å². The number of carbonyl (C=O) groups excluding carboxylic acids is 1. The summed E-state index contributed by atoms with van der Waals surface area (Å²) >= 11 is 0. The molecule has 0 aliphatic carbocycles. The van der Waals surface area contributed by atoms with Gasteiger partial charge in [-0.15, -0.1) is 0 Å². The number of hydrogen-bond donors (Lipinski definition) is 1. The highest BCUT2D eigenvalue weighted by Gasteiger charge is 2.35. The molecular formula is C20H22N2O5S. The van der Waals surface area contributed by atoms with Gasteiger partial charge in [-0.25, -0.2) is 13.4 Å². The number of methoxy groups -OCH3 is 1. The third-order valence-corrected chi connectivity index (χ3v) is 6.15. The van der Waals surface area contributed by atoms with Crippen molar-refractivity contribution in [3.05, 3.63) is 53.1 Å². The normalized spacial score (nSPS) is 15.0. The fraction of sp³-hybridized carbons (Fsp3) is 0.300. The van der Waals surface area contributed by atoms with E-state index in [-0.39, 0.29) is 32.6 Å². The number of nitrogens with two attached hydrogens (primary N) is 1. The Morgan fingerprint density at radius 2 is 1.89 bits per heavy atom. The number of carbonyl (C=O) groups is 1. The van der Waals surface area contributed by atoms with E-state index in [4.69, 9.17) is 15.2 Å². The van der Waals surface area contributed by atoms with Crippen molar-refractivity contribution in [1.82, 2.24) is 0 Å². The SMILES string of the molecule is CCCOc1ccc2c(c1)C(=O)c1ccc(C(=NCCN)OC)cc1S2(=O)=O. The maximum absolute atomic E-state index is 13.1. The Kier molecular flexibility index (Phi) is 5.81. The summed E-state index contributed by atoms with van der Waals surface area (Å²) in [6.45, 7) is 3.13. The van der Waals surface area contributed by atoms with E-state index in [0.29, 0.717) is 31.0 Å². The molecule has 7 nitrogen and oxygen atoms in total. The van der Waals surface area contributed by atoms with Gasteiger partial charge in [-0.05, 0) is 42.8 Å². The molecule has 3 rings (SSSR count). The number of ether oxygens (including phenoxy) is 2. The van der Waals surface area contributed by atoms with Crippen LogP contribution in [0.3, 0.4) is 0 Å². The molecule has 148 valence electrons. The van der Waals surface area contributed by atoms with Crippen LogP contribution >= 0.6 is 0 Å². The number of nitrogens with zero attached hydrogens (tertiary/aromatic N) is 1. The Labute approximate surface area is 164 Å². The van der Waals surface area contributed by atoms with Crippen molar-refractivity contribution >= 4 is 21.5 Å². The van der Waals surface area contributed by atoms with Crippen molar-refractivity contribution in [3.63, 3.8) is 0 Å². The lowest BCUT2D eigenvalue weighted by Gasteiger charge is -2.20. The molecule has 0 aromatic heterocycles. The van der Waals surface area contributed by atoms with Gasteiger partial charge in [-0.3, -0.25) is 4.79 Å². The van der Waals surface area contributed by atoms with Crippen LogP contribution in [0.25, 0.3) is 0 Å². The van der Waals surface area contributed by atoms with Crippen LogP contribution in [-0.2, 0) is 14.6 Å². The zero-order valence-electron chi connectivity index (χ0n) is 15.8. The Balaban J connectivity index is 2.11. The molecule has 1 heterocycles. The van der Waals surface area contributed by atoms with Gasteiger partial charge in [0.15, 0.2) is 5.78 Å². The van der Waals surface area contributed by atoms with E-state index in [2.05, 4.69) is 4.99 Å². The second kappa shape index (κ2) is 8.12. The molecule has 0 saturated heterocycles. The number of benzene rings is 2. The minimum absolute atomic E-state index is 0.0242. The zero-order chi connectivity index (χ0) is 20.3. The molecule has 0 amide bonds. The quantitative estimate of drug-likeness (QED) is 0.500. The van der Waals surface area contributed by atoms with E-state index in [1.54, 1.807) is 12.1 Å². The molecule has 28 heavy (non-hydrogen) atoms. The largest absolute Gasteiger partial charge is 0.494 e. The van der Waals surface area contributed by atoms with Gasteiger partial charge < -0.3 is 15.2 Å². The maximum atomic E-state index is 13.1. The second-order valence-corrected chi connectivity index (χ2v) is 8.12. The van der Waals surface area contributed by atoms with Crippen LogP contribution < -0.4 is 10.5 Å². The van der Waals surface area contributed by atoms with Crippen LogP contribution in [0.4, 0.5) is 0 Å². The lowest BCUT2D eigenvalue weighted by Crippen LogP contribution is -2.21. The highest BCUT2D eigenvalue weighted by molar-refractivity contribution is 7.91. The average molecular weight is 402 g/mol. The third-order valence-electron chi connectivity index (χ3n) is 4.30. The van der Waals surface area contributed by atoms with Gasteiger partial charge in [-0.1, -0.05) is 6.92 Å². The molecule has 2 N–H and O–H groups in total. The molecule has 0 spiro atoms.